The predicted molar refractivity (Wildman–Crippen MR) is 88.1 cm³/mol. The highest BCUT2D eigenvalue weighted by molar-refractivity contribution is 6.33. The van der Waals surface area contributed by atoms with Crippen LogP contribution in [0.2, 0.25) is 5.02 Å². The molecule has 116 valence electrons. The van der Waals surface area contributed by atoms with Crippen LogP contribution in [0.5, 0.6) is 0 Å². The lowest BCUT2D eigenvalue weighted by atomic mass is 10.1. The molecule has 0 fully saturated rings. The molecule has 6 heteroatoms. The van der Waals surface area contributed by atoms with Gasteiger partial charge in [0.05, 0.1) is 10.7 Å². The number of anilines is 1. The van der Waals surface area contributed by atoms with E-state index in [2.05, 4.69) is 15.5 Å². The first-order chi connectivity index (χ1) is 11.1. The zero-order valence-electron chi connectivity index (χ0n) is 12.2. The van der Waals surface area contributed by atoms with Gasteiger partial charge >= 0.3 is 0 Å². The number of aromatic amines is 1. The van der Waals surface area contributed by atoms with Crippen LogP contribution >= 0.6 is 11.6 Å². The Morgan fingerprint density at radius 3 is 2.78 bits per heavy atom. The molecule has 1 amide bonds. The molecule has 0 spiro atoms. The number of aromatic nitrogens is 2. The van der Waals surface area contributed by atoms with Crippen LogP contribution in [0.15, 0.2) is 48.5 Å². The summed E-state index contributed by atoms with van der Waals surface area (Å²) in [6.45, 7) is 1.60. The number of nitrogens with one attached hydrogen (secondary N) is 2. The quantitative estimate of drug-likeness (QED) is 0.746. The van der Waals surface area contributed by atoms with Gasteiger partial charge in [-0.05, 0) is 31.2 Å². The third kappa shape index (κ3) is 3.10. The van der Waals surface area contributed by atoms with Crippen LogP contribution in [0.1, 0.15) is 16.1 Å². The van der Waals surface area contributed by atoms with Gasteiger partial charge in [-0.25, -0.2) is 4.39 Å². The lowest BCUT2D eigenvalue weighted by Crippen LogP contribution is -2.13. The van der Waals surface area contributed by atoms with Crippen molar-refractivity contribution in [2.75, 3.05) is 5.32 Å². The maximum absolute atomic E-state index is 13.5. The summed E-state index contributed by atoms with van der Waals surface area (Å²) in [5.74, 6) is -0.770. The number of carbonyl (C=O) groups is 1. The maximum atomic E-state index is 13.5. The molecule has 0 bridgehead atoms. The van der Waals surface area contributed by atoms with Crippen molar-refractivity contribution in [1.82, 2.24) is 10.2 Å². The highest BCUT2D eigenvalue weighted by Crippen LogP contribution is 2.26. The Morgan fingerprint density at radius 1 is 1.22 bits per heavy atom. The van der Waals surface area contributed by atoms with Gasteiger partial charge in [-0.2, -0.15) is 5.10 Å². The highest BCUT2D eigenvalue weighted by Gasteiger charge is 2.14. The molecule has 0 saturated heterocycles. The second-order valence-corrected chi connectivity index (χ2v) is 5.42. The Bertz CT molecular complexity index is 876. The number of hydrogen-bond donors (Lipinski definition) is 2. The van der Waals surface area contributed by atoms with Gasteiger partial charge in [-0.1, -0.05) is 35.9 Å². The van der Waals surface area contributed by atoms with E-state index in [0.717, 1.165) is 5.56 Å². The summed E-state index contributed by atoms with van der Waals surface area (Å²) in [6, 6.07) is 13.4. The fraction of sp³-hybridized carbons (Fsp3) is 0.0588. The van der Waals surface area contributed by atoms with Crippen LogP contribution in [0.3, 0.4) is 0 Å². The fourth-order valence-corrected chi connectivity index (χ4v) is 2.41. The molecular weight excluding hydrogens is 317 g/mol. The Kier molecular flexibility index (Phi) is 4.12. The largest absolute Gasteiger partial charge is 0.320 e. The molecule has 4 nitrogen and oxygen atoms in total. The average Bonchev–Trinajstić information content (AvgIpc) is 3.02. The van der Waals surface area contributed by atoms with E-state index in [0.29, 0.717) is 22.0 Å². The van der Waals surface area contributed by atoms with E-state index in [-0.39, 0.29) is 11.5 Å². The van der Waals surface area contributed by atoms with Gasteiger partial charge in [0.25, 0.3) is 5.91 Å². The van der Waals surface area contributed by atoms with E-state index in [1.807, 2.05) is 18.2 Å². The molecular formula is C17H13ClFN3O. The number of halogens is 2. The van der Waals surface area contributed by atoms with Gasteiger partial charge in [-0.15, -0.1) is 0 Å². The van der Waals surface area contributed by atoms with Crippen LogP contribution in [0.4, 0.5) is 10.1 Å². The summed E-state index contributed by atoms with van der Waals surface area (Å²) in [5, 5.41) is 9.99. The third-order valence-corrected chi connectivity index (χ3v) is 3.82. The SMILES string of the molecule is Cc1c(F)cccc1NC(=O)c1cc(-c2ccccc2Cl)n[nH]1. The zero-order chi connectivity index (χ0) is 16.4. The van der Waals surface area contributed by atoms with E-state index in [4.69, 9.17) is 11.6 Å². The minimum atomic E-state index is -0.399. The van der Waals surface area contributed by atoms with Crippen LogP contribution in [-0.4, -0.2) is 16.1 Å². The van der Waals surface area contributed by atoms with Crippen LogP contribution in [0, 0.1) is 12.7 Å². The molecule has 0 aliphatic carbocycles. The first-order valence-corrected chi connectivity index (χ1v) is 7.31. The molecule has 0 radical (unpaired) electrons. The van der Waals surface area contributed by atoms with Gasteiger partial charge in [-0.3, -0.25) is 9.89 Å². The van der Waals surface area contributed by atoms with Gasteiger partial charge in [0.1, 0.15) is 11.5 Å². The van der Waals surface area contributed by atoms with Crippen molar-refractivity contribution in [1.29, 1.82) is 0 Å². The molecule has 0 unspecified atom stereocenters. The maximum Gasteiger partial charge on any atom is 0.273 e. The second-order valence-electron chi connectivity index (χ2n) is 5.01. The summed E-state index contributed by atoms with van der Waals surface area (Å²) < 4.78 is 13.5. The minimum Gasteiger partial charge on any atom is -0.320 e. The topological polar surface area (TPSA) is 57.8 Å². The number of nitrogens with zero attached hydrogens (tertiary/aromatic N) is 1. The van der Waals surface area contributed by atoms with Crippen molar-refractivity contribution in [2.24, 2.45) is 0 Å². The minimum absolute atomic E-state index is 0.267. The van der Waals surface area contributed by atoms with E-state index >= 15 is 0 Å². The van der Waals surface area contributed by atoms with E-state index in [9.17, 15) is 9.18 Å². The smallest absolute Gasteiger partial charge is 0.273 e. The molecule has 1 heterocycles. The lowest BCUT2D eigenvalue weighted by Gasteiger charge is -2.07. The third-order valence-electron chi connectivity index (χ3n) is 3.49. The van der Waals surface area contributed by atoms with Gasteiger partial charge < -0.3 is 5.32 Å². The molecule has 2 N–H and O–H groups in total. The van der Waals surface area contributed by atoms with Crippen molar-refractivity contribution in [3.05, 3.63) is 70.6 Å². The second kappa shape index (κ2) is 6.22. The molecule has 3 rings (SSSR count). The predicted octanol–water partition coefficient (Wildman–Crippen LogP) is 4.43. The Hall–Kier alpha value is -2.66. The first-order valence-electron chi connectivity index (χ1n) is 6.93. The molecule has 2 aromatic carbocycles. The van der Waals surface area contributed by atoms with Crippen LogP contribution in [0.25, 0.3) is 11.3 Å². The van der Waals surface area contributed by atoms with Crippen LogP contribution < -0.4 is 5.32 Å². The van der Waals surface area contributed by atoms with E-state index in [1.165, 1.54) is 6.07 Å². The van der Waals surface area contributed by atoms with Crippen LogP contribution in [-0.2, 0) is 0 Å². The summed E-state index contributed by atoms with van der Waals surface area (Å²) in [7, 11) is 0. The fourth-order valence-electron chi connectivity index (χ4n) is 2.18. The van der Waals surface area contributed by atoms with Crippen molar-refractivity contribution < 1.29 is 9.18 Å². The van der Waals surface area contributed by atoms with Gasteiger partial charge in [0, 0.05) is 16.8 Å². The van der Waals surface area contributed by atoms with Gasteiger partial charge in [0.2, 0.25) is 0 Å². The molecule has 0 aliphatic heterocycles. The number of carbonyl (C=O) groups excluding carboxylic acids is 1. The number of amides is 1. The average molecular weight is 330 g/mol. The molecule has 0 aliphatic rings. The molecule has 3 aromatic rings. The van der Waals surface area contributed by atoms with Crippen molar-refractivity contribution in [2.45, 2.75) is 6.92 Å². The highest BCUT2D eigenvalue weighted by atomic mass is 35.5. The first kappa shape index (κ1) is 15.2. The Balaban J connectivity index is 1.84. The number of rotatable bonds is 3. The number of benzene rings is 2. The molecule has 0 atom stereocenters. The molecule has 1 aromatic heterocycles. The molecule has 0 saturated carbocycles. The van der Waals surface area contributed by atoms with Gasteiger partial charge in [0.15, 0.2) is 0 Å². The number of hydrogen-bond acceptors (Lipinski definition) is 2. The van der Waals surface area contributed by atoms with Crippen molar-refractivity contribution in [3.63, 3.8) is 0 Å². The lowest BCUT2D eigenvalue weighted by molar-refractivity contribution is 0.102. The van der Waals surface area contributed by atoms with Crippen molar-refractivity contribution in [3.8, 4) is 11.3 Å². The zero-order valence-corrected chi connectivity index (χ0v) is 13.0. The Labute approximate surface area is 137 Å². The Morgan fingerprint density at radius 2 is 2.00 bits per heavy atom. The number of H-pyrrole nitrogens is 1. The van der Waals surface area contributed by atoms with E-state index in [1.54, 1.807) is 31.2 Å². The van der Waals surface area contributed by atoms with E-state index < -0.39 is 5.91 Å². The molecule has 23 heavy (non-hydrogen) atoms. The van der Waals surface area contributed by atoms with Crippen molar-refractivity contribution >= 4 is 23.2 Å². The normalized spacial score (nSPS) is 10.6. The summed E-state index contributed by atoms with van der Waals surface area (Å²) >= 11 is 6.12. The standard InChI is InChI=1S/C17H13ClFN3O/c1-10-13(19)7-4-8-14(10)20-17(23)16-9-15(21-22-16)11-5-2-3-6-12(11)18/h2-9H,1H3,(H,20,23)(H,21,22). The summed E-state index contributed by atoms with van der Waals surface area (Å²) in [4.78, 5) is 12.3. The monoisotopic (exact) mass is 329 g/mol. The summed E-state index contributed by atoms with van der Waals surface area (Å²) in [6.07, 6.45) is 0. The summed E-state index contributed by atoms with van der Waals surface area (Å²) in [5.41, 5.74) is 2.36.